The van der Waals surface area contributed by atoms with Gasteiger partial charge in [0.15, 0.2) is 17.4 Å². The minimum atomic E-state index is 0. The van der Waals surface area contributed by atoms with Gasteiger partial charge in [-0.05, 0) is 0 Å². The van der Waals surface area contributed by atoms with Gasteiger partial charge < -0.3 is 0 Å². The Kier molecular flexibility index (Phi) is 7.04. The zero-order valence-corrected chi connectivity index (χ0v) is 5.66. The van der Waals surface area contributed by atoms with E-state index >= 15 is 0 Å². The van der Waals surface area contributed by atoms with Gasteiger partial charge in [0.2, 0.25) is 0 Å². The van der Waals surface area contributed by atoms with Gasteiger partial charge in [-0.1, -0.05) is 51.4 Å². The first-order chi connectivity index (χ1) is 4.00. The molecule has 1 heteroatoms. The molecule has 0 amide bonds. The van der Waals surface area contributed by atoms with Crippen LogP contribution < -0.4 is 0 Å². The SMILES string of the molecule is C1CCCCCCC1.[AlH3]. The maximum atomic E-state index is 1.50. The molecule has 1 fully saturated rings. The topological polar surface area (TPSA) is 0 Å². The summed E-state index contributed by atoms with van der Waals surface area (Å²) in [7, 11) is 0. The van der Waals surface area contributed by atoms with E-state index in [1.807, 2.05) is 0 Å². The van der Waals surface area contributed by atoms with Crippen LogP contribution in [-0.2, 0) is 0 Å². The van der Waals surface area contributed by atoms with Crippen LogP contribution in [0, 0.1) is 0 Å². The quantitative estimate of drug-likeness (QED) is 0.453. The van der Waals surface area contributed by atoms with Crippen molar-refractivity contribution in [2.45, 2.75) is 51.4 Å². The zero-order valence-electron chi connectivity index (χ0n) is 5.66. The van der Waals surface area contributed by atoms with Gasteiger partial charge >= 0.3 is 0 Å². The molecular formula is C8H19Al. The lowest BCUT2D eigenvalue weighted by Crippen LogP contribution is -1.85. The van der Waals surface area contributed by atoms with Crippen LogP contribution in [-0.4, -0.2) is 17.4 Å². The summed E-state index contributed by atoms with van der Waals surface area (Å²) in [5, 5.41) is 0. The molecule has 1 aliphatic rings. The smallest absolute Gasteiger partial charge is 0.0533 e. The summed E-state index contributed by atoms with van der Waals surface area (Å²) in [6, 6.07) is 0. The van der Waals surface area contributed by atoms with Gasteiger partial charge in [-0.3, -0.25) is 0 Å². The summed E-state index contributed by atoms with van der Waals surface area (Å²) in [5.41, 5.74) is 0. The first-order valence-electron chi connectivity index (χ1n) is 4.00. The minimum Gasteiger partial charge on any atom is -0.0533 e. The molecule has 1 saturated carbocycles. The first-order valence-corrected chi connectivity index (χ1v) is 4.00. The van der Waals surface area contributed by atoms with E-state index in [4.69, 9.17) is 0 Å². The van der Waals surface area contributed by atoms with Crippen LogP contribution in [0.25, 0.3) is 0 Å². The predicted molar refractivity (Wildman–Crippen MR) is 46.9 cm³/mol. The van der Waals surface area contributed by atoms with Gasteiger partial charge in [0.1, 0.15) is 0 Å². The Bertz CT molecular complexity index is 28.5. The molecule has 0 heterocycles. The van der Waals surface area contributed by atoms with E-state index in [-0.39, 0.29) is 17.4 Å². The maximum Gasteiger partial charge on any atom is 0.187 e. The summed E-state index contributed by atoms with van der Waals surface area (Å²) in [6.45, 7) is 0. The standard InChI is InChI=1S/C8H16.Al.3H/c1-2-4-6-8-7-5-3-1;;;;/h1-8H2;;;;. The van der Waals surface area contributed by atoms with E-state index < -0.39 is 0 Å². The number of rotatable bonds is 0. The molecule has 0 radical (unpaired) electrons. The highest BCUT2D eigenvalue weighted by Gasteiger charge is 1.95. The van der Waals surface area contributed by atoms with Crippen molar-refractivity contribution in [2.75, 3.05) is 0 Å². The average Bonchev–Trinajstić information content (AvgIpc) is 1.62. The van der Waals surface area contributed by atoms with E-state index in [9.17, 15) is 0 Å². The molecule has 0 nitrogen and oxygen atoms in total. The lowest BCUT2D eigenvalue weighted by Gasteiger charge is -2.05. The first kappa shape index (κ1) is 9.53. The molecule has 0 aliphatic heterocycles. The van der Waals surface area contributed by atoms with E-state index in [0.717, 1.165) is 0 Å². The van der Waals surface area contributed by atoms with E-state index in [0.29, 0.717) is 0 Å². The second-order valence-electron chi connectivity index (χ2n) is 2.83. The Morgan fingerprint density at radius 1 is 0.333 bits per heavy atom. The van der Waals surface area contributed by atoms with Crippen molar-refractivity contribution in [3.05, 3.63) is 0 Å². The predicted octanol–water partition coefficient (Wildman–Crippen LogP) is 1.94. The Morgan fingerprint density at radius 3 is 0.556 bits per heavy atom. The molecule has 0 spiro atoms. The second kappa shape index (κ2) is 6.65. The molecule has 0 aromatic carbocycles. The van der Waals surface area contributed by atoms with Crippen LogP contribution in [0.4, 0.5) is 0 Å². The monoisotopic (exact) mass is 142 g/mol. The highest BCUT2D eigenvalue weighted by atomic mass is 27.0. The third kappa shape index (κ3) is 5.00. The van der Waals surface area contributed by atoms with E-state index in [1.165, 1.54) is 51.4 Å². The lowest BCUT2D eigenvalue weighted by molar-refractivity contribution is 0.504. The fraction of sp³-hybridized carbons (Fsp3) is 1.00. The summed E-state index contributed by atoms with van der Waals surface area (Å²) in [6.07, 6.45) is 12.0. The second-order valence-corrected chi connectivity index (χ2v) is 2.83. The molecule has 1 rings (SSSR count). The van der Waals surface area contributed by atoms with Crippen molar-refractivity contribution in [3.8, 4) is 0 Å². The zero-order chi connectivity index (χ0) is 5.66. The lowest BCUT2D eigenvalue weighted by atomic mass is 10.0. The summed E-state index contributed by atoms with van der Waals surface area (Å²) in [4.78, 5) is 0. The van der Waals surface area contributed by atoms with Crippen LogP contribution in [0.15, 0.2) is 0 Å². The van der Waals surface area contributed by atoms with Crippen molar-refractivity contribution >= 4 is 17.4 Å². The van der Waals surface area contributed by atoms with Gasteiger partial charge in [0, 0.05) is 0 Å². The van der Waals surface area contributed by atoms with Crippen molar-refractivity contribution in [1.29, 1.82) is 0 Å². The van der Waals surface area contributed by atoms with Gasteiger partial charge in [0.05, 0.1) is 0 Å². The van der Waals surface area contributed by atoms with Crippen LogP contribution >= 0.6 is 0 Å². The fourth-order valence-electron chi connectivity index (χ4n) is 1.41. The van der Waals surface area contributed by atoms with Crippen molar-refractivity contribution in [3.63, 3.8) is 0 Å². The molecule has 0 saturated heterocycles. The van der Waals surface area contributed by atoms with Crippen LogP contribution in [0.1, 0.15) is 51.4 Å². The van der Waals surface area contributed by atoms with Gasteiger partial charge in [0.25, 0.3) is 0 Å². The summed E-state index contributed by atoms with van der Waals surface area (Å²) < 4.78 is 0. The molecule has 9 heavy (non-hydrogen) atoms. The van der Waals surface area contributed by atoms with Crippen LogP contribution in [0.5, 0.6) is 0 Å². The summed E-state index contributed by atoms with van der Waals surface area (Å²) >= 11 is 0. The van der Waals surface area contributed by atoms with Crippen molar-refractivity contribution < 1.29 is 0 Å². The van der Waals surface area contributed by atoms with Crippen molar-refractivity contribution in [1.82, 2.24) is 0 Å². The normalized spacial score (nSPS) is 21.3. The largest absolute Gasteiger partial charge is 0.187 e. The fourth-order valence-corrected chi connectivity index (χ4v) is 1.41. The van der Waals surface area contributed by atoms with Gasteiger partial charge in [-0.2, -0.15) is 0 Å². The molecule has 0 unspecified atom stereocenters. The molecule has 0 N–H and O–H groups in total. The third-order valence-electron chi connectivity index (χ3n) is 2.00. The molecule has 0 aromatic heterocycles. The maximum absolute atomic E-state index is 1.50. The van der Waals surface area contributed by atoms with Crippen LogP contribution in [0.2, 0.25) is 0 Å². The molecule has 54 valence electrons. The molecule has 0 atom stereocenters. The average molecular weight is 142 g/mol. The molecular weight excluding hydrogens is 123 g/mol. The number of hydrogen-bond acceptors (Lipinski definition) is 0. The minimum absolute atomic E-state index is 0. The Labute approximate surface area is 69.2 Å². The molecule has 1 aliphatic carbocycles. The highest BCUT2D eigenvalue weighted by molar-refractivity contribution is 5.75. The van der Waals surface area contributed by atoms with E-state index in [1.54, 1.807) is 0 Å². The highest BCUT2D eigenvalue weighted by Crippen LogP contribution is 2.15. The van der Waals surface area contributed by atoms with Crippen LogP contribution in [0.3, 0.4) is 0 Å². The Hall–Kier alpha value is 0.532. The number of hydrogen-bond donors (Lipinski definition) is 0. The third-order valence-corrected chi connectivity index (χ3v) is 2.00. The Morgan fingerprint density at radius 2 is 0.444 bits per heavy atom. The van der Waals surface area contributed by atoms with E-state index in [2.05, 4.69) is 0 Å². The van der Waals surface area contributed by atoms with Crippen molar-refractivity contribution in [2.24, 2.45) is 0 Å². The van der Waals surface area contributed by atoms with Gasteiger partial charge in [-0.15, -0.1) is 0 Å². The van der Waals surface area contributed by atoms with Gasteiger partial charge in [-0.25, -0.2) is 0 Å². The Balaban J connectivity index is 0.000000640. The molecule has 0 bridgehead atoms. The summed E-state index contributed by atoms with van der Waals surface area (Å²) in [5.74, 6) is 0. The molecule has 0 aromatic rings.